The lowest BCUT2D eigenvalue weighted by molar-refractivity contribution is -0.151. The lowest BCUT2D eigenvalue weighted by atomic mass is 9.96. The van der Waals surface area contributed by atoms with Crippen molar-refractivity contribution < 1.29 is 18.7 Å². The molecule has 0 atom stereocenters. The van der Waals surface area contributed by atoms with Gasteiger partial charge in [-0.15, -0.1) is 0 Å². The molecule has 0 spiro atoms. The van der Waals surface area contributed by atoms with Gasteiger partial charge in [-0.05, 0) is 38.0 Å². The summed E-state index contributed by atoms with van der Waals surface area (Å²) in [5.41, 5.74) is 1.58. The van der Waals surface area contributed by atoms with E-state index in [0.717, 1.165) is 11.3 Å². The van der Waals surface area contributed by atoms with E-state index in [0.29, 0.717) is 31.5 Å². The number of aryl methyl sites for hydroxylation is 1. The number of furan rings is 1. The highest BCUT2D eigenvalue weighted by atomic mass is 16.5. The van der Waals surface area contributed by atoms with Crippen molar-refractivity contribution in [2.75, 3.05) is 13.1 Å². The fourth-order valence-electron chi connectivity index (χ4n) is 2.91. The first-order valence-corrected chi connectivity index (χ1v) is 8.19. The first-order chi connectivity index (χ1) is 11.6. The van der Waals surface area contributed by atoms with Gasteiger partial charge >= 0.3 is 5.97 Å². The van der Waals surface area contributed by atoms with Crippen molar-refractivity contribution in [3.63, 3.8) is 0 Å². The maximum absolute atomic E-state index is 12.4. The molecule has 0 saturated carbocycles. The quantitative estimate of drug-likeness (QED) is 0.809. The summed E-state index contributed by atoms with van der Waals surface area (Å²) in [5, 5.41) is 0. The van der Waals surface area contributed by atoms with Crippen LogP contribution in [0.1, 0.15) is 34.5 Å². The van der Waals surface area contributed by atoms with E-state index in [2.05, 4.69) is 0 Å². The lowest BCUT2D eigenvalue weighted by Gasteiger charge is -2.31. The van der Waals surface area contributed by atoms with Crippen molar-refractivity contribution in [2.45, 2.75) is 26.4 Å². The van der Waals surface area contributed by atoms with Gasteiger partial charge in [-0.3, -0.25) is 9.59 Å². The van der Waals surface area contributed by atoms with Crippen LogP contribution in [0, 0.1) is 12.8 Å². The predicted molar refractivity (Wildman–Crippen MR) is 88.3 cm³/mol. The van der Waals surface area contributed by atoms with Crippen molar-refractivity contribution in [1.82, 2.24) is 4.90 Å². The molecule has 0 unspecified atom stereocenters. The Morgan fingerprint density at radius 3 is 2.50 bits per heavy atom. The number of carbonyl (C=O) groups excluding carboxylic acids is 2. The standard InChI is InChI=1S/C19H21NO4/c1-14-17(9-12-23-14)13-24-19(22)16-7-10-20(11-8-16)18(21)15-5-3-2-4-6-15/h2-6,9,12,16H,7-8,10-11,13H2,1H3. The molecule has 126 valence electrons. The molecule has 5 nitrogen and oxygen atoms in total. The highest BCUT2D eigenvalue weighted by molar-refractivity contribution is 5.94. The first kappa shape index (κ1) is 16.3. The number of carbonyl (C=O) groups is 2. The number of hydrogen-bond donors (Lipinski definition) is 0. The van der Waals surface area contributed by atoms with Gasteiger partial charge < -0.3 is 14.1 Å². The van der Waals surface area contributed by atoms with E-state index in [9.17, 15) is 9.59 Å². The Balaban J connectivity index is 1.49. The van der Waals surface area contributed by atoms with Crippen LogP contribution in [0.4, 0.5) is 0 Å². The molecule has 0 aliphatic carbocycles. The van der Waals surface area contributed by atoms with E-state index in [4.69, 9.17) is 9.15 Å². The second kappa shape index (κ2) is 7.34. The van der Waals surface area contributed by atoms with Crippen LogP contribution < -0.4 is 0 Å². The fraction of sp³-hybridized carbons (Fsp3) is 0.368. The summed E-state index contributed by atoms with van der Waals surface area (Å²) in [6, 6.07) is 11.0. The van der Waals surface area contributed by atoms with Crippen molar-refractivity contribution in [3.8, 4) is 0 Å². The Morgan fingerprint density at radius 2 is 1.88 bits per heavy atom. The minimum absolute atomic E-state index is 0.0245. The fourth-order valence-corrected chi connectivity index (χ4v) is 2.91. The van der Waals surface area contributed by atoms with Crippen LogP contribution in [-0.4, -0.2) is 29.9 Å². The van der Waals surface area contributed by atoms with E-state index >= 15 is 0 Å². The summed E-state index contributed by atoms with van der Waals surface area (Å²) in [6.07, 6.45) is 2.87. The number of likely N-dealkylation sites (tertiary alicyclic amines) is 1. The molecule has 3 rings (SSSR count). The molecule has 1 aromatic carbocycles. The molecular weight excluding hydrogens is 306 g/mol. The number of amides is 1. The smallest absolute Gasteiger partial charge is 0.309 e. The third-order valence-corrected chi connectivity index (χ3v) is 4.47. The highest BCUT2D eigenvalue weighted by Gasteiger charge is 2.28. The number of nitrogens with zero attached hydrogens (tertiary/aromatic N) is 1. The number of ether oxygens (including phenoxy) is 1. The van der Waals surface area contributed by atoms with Gasteiger partial charge in [0.25, 0.3) is 5.91 Å². The summed E-state index contributed by atoms with van der Waals surface area (Å²) in [7, 11) is 0. The van der Waals surface area contributed by atoms with Gasteiger partial charge in [-0.25, -0.2) is 0 Å². The van der Waals surface area contributed by atoms with Gasteiger partial charge in [-0.1, -0.05) is 18.2 Å². The Morgan fingerprint density at radius 1 is 1.17 bits per heavy atom. The topological polar surface area (TPSA) is 59.8 Å². The molecule has 1 aromatic heterocycles. The monoisotopic (exact) mass is 327 g/mol. The van der Waals surface area contributed by atoms with Gasteiger partial charge in [0.1, 0.15) is 12.4 Å². The van der Waals surface area contributed by atoms with Crippen molar-refractivity contribution >= 4 is 11.9 Å². The molecule has 24 heavy (non-hydrogen) atoms. The molecular formula is C19H21NO4. The zero-order valence-corrected chi connectivity index (χ0v) is 13.7. The molecule has 1 aliphatic heterocycles. The third kappa shape index (κ3) is 3.67. The Hall–Kier alpha value is -2.56. The molecule has 1 fully saturated rings. The largest absolute Gasteiger partial charge is 0.469 e. The summed E-state index contributed by atoms with van der Waals surface area (Å²) in [5.74, 6) is 0.460. The SMILES string of the molecule is Cc1occc1COC(=O)C1CCN(C(=O)c2ccccc2)CC1. The van der Waals surface area contributed by atoms with Gasteiger partial charge in [0.05, 0.1) is 12.2 Å². The van der Waals surface area contributed by atoms with E-state index in [-0.39, 0.29) is 24.4 Å². The minimum atomic E-state index is -0.192. The predicted octanol–water partition coefficient (Wildman–Crippen LogP) is 3.18. The van der Waals surface area contributed by atoms with Crippen LogP contribution in [0.25, 0.3) is 0 Å². The van der Waals surface area contributed by atoms with E-state index in [1.807, 2.05) is 43.3 Å². The second-order valence-electron chi connectivity index (χ2n) is 6.04. The zero-order chi connectivity index (χ0) is 16.9. The van der Waals surface area contributed by atoms with Crippen LogP contribution >= 0.6 is 0 Å². The van der Waals surface area contributed by atoms with Gasteiger partial charge in [-0.2, -0.15) is 0 Å². The number of hydrogen-bond acceptors (Lipinski definition) is 4. The normalized spacial score (nSPS) is 15.3. The highest BCUT2D eigenvalue weighted by Crippen LogP contribution is 2.21. The van der Waals surface area contributed by atoms with E-state index in [1.165, 1.54) is 0 Å². The van der Waals surface area contributed by atoms with Crippen LogP contribution in [0.5, 0.6) is 0 Å². The first-order valence-electron chi connectivity index (χ1n) is 8.19. The van der Waals surface area contributed by atoms with Gasteiger partial charge in [0, 0.05) is 24.2 Å². The molecule has 1 saturated heterocycles. The third-order valence-electron chi connectivity index (χ3n) is 4.47. The van der Waals surface area contributed by atoms with Gasteiger partial charge in [0.2, 0.25) is 0 Å². The number of benzene rings is 1. The number of rotatable bonds is 4. The Bertz CT molecular complexity index is 699. The molecule has 0 N–H and O–H groups in total. The van der Waals surface area contributed by atoms with Gasteiger partial charge in [0.15, 0.2) is 0 Å². The van der Waals surface area contributed by atoms with E-state index in [1.54, 1.807) is 11.2 Å². The summed E-state index contributed by atoms with van der Waals surface area (Å²) >= 11 is 0. The van der Waals surface area contributed by atoms with Crippen LogP contribution in [0.15, 0.2) is 47.1 Å². The Kier molecular flexibility index (Phi) is 4.99. The maximum Gasteiger partial charge on any atom is 0.309 e. The second-order valence-corrected chi connectivity index (χ2v) is 6.04. The molecule has 2 aromatic rings. The van der Waals surface area contributed by atoms with Crippen molar-refractivity contribution in [2.24, 2.45) is 5.92 Å². The Labute approximate surface area is 141 Å². The molecule has 0 radical (unpaired) electrons. The van der Waals surface area contributed by atoms with Crippen LogP contribution in [0.2, 0.25) is 0 Å². The average Bonchev–Trinajstić information content (AvgIpc) is 3.05. The summed E-state index contributed by atoms with van der Waals surface area (Å²) in [6.45, 7) is 3.25. The number of esters is 1. The molecule has 0 bridgehead atoms. The summed E-state index contributed by atoms with van der Waals surface area (Å²) in [4.78, 5) is 26.4. The molecule has 1 amide bonds. The van der Waals surface area contributed by atoms with Crippen molar-refractivity contribution in [1.29, 1.82) is 0 Å². The van der Waals surface area contributed by atoms with Crippen LogP contribution in [0.3, 0.4) is 0 Å². The summed E-state index contributed by atoms with van der Waals surface area (Å²) < 4.78 is 10.6. The lowest BCUT2D eigenvalue weighted by Crippen LogP contribution is -2.40. The average molecular weight is 327 g/mol. The van der Waals surface area contributed by atoms with Crippen LogP contribution in [-0.2, 0) is 16.1 Å². The number of piperidine rings is 1. The molecule has 2 heterocycles. The maximum atomic E-state index is 12.4. The van der Waals surface area contributed by atoms with Crippen molar-refractivity contribution in [3.05, 3.63) is 59.5 Å². The molecule has 1 aliphatic rings. The minimum Gasteiger partial charge on any atom is -0.469 e. The van der Waals surface area contributed by atoms with E-state index < -0.39 is 0 Å². The zero-order valence-electron chi connectivity index (χ0n) is 13.7. The molecule has 5 heteroatoms.